The summed E-state index contributed by atoms with van der Waals surface area (Å²) in [7, 11) is 2.16. The summed E-state index contributed by atoms with van der Waals surface area (Å²) < 4.78 is 5.39. The molecule has 0 radical (unpaired) electrons. The fraction of sp³-hybridized carbons (Fsp3) is 0.300. The van der Waals surface area contributed by atoms with Gasteiger partial charge in [-0.1, -0.05) is 30.3 Å². The molecule has 1 aliphatic rings. The first-order chi connectivity index (χ1) is 12.8. The second kappa shape index (κ2) is 7.58. The molecule has 1 saturated heterocycles. The third kappa shape index (κ3) is 3.86. The summed E-state index contributed by atoms with van der Waals surface area (Å²) >= 11 is 0. The van der Waals surface area contributed by atoms with Gasteiger partial charge in [0.15, 0.2) is 0 Å². The molecular formula is C20H23N5O. The Hall–Kier alpha value is -2.86. The van der Waals surface area contributed by atoms with E-state index in [0.29, 0.717) is 12.5 Å². The highest BCUT2D eigenvalue weighted by Gasteiger charge is 2.17. The number of hydrogen-bond acceptors (Lipinski definition) is 6. The second-order valence-corrected chi connectivity index (χ2v) is 6.52. The molecule has 0 atom stereocenters. The van der Waals surface area contributed by atoms with Crippen molar-refractivity contribution in [3.63, 3.8) is 0 Å². The lowest BCUT2D eigenvalue weighted by atomic mass is 10.1. The molecular weight excluding hydrogens is 326 g/mol. The van der Waals surface area contributed by atoms with Crippen LogP contribution in [0.3, 0.4) is 0 Å². The zero-order valence-electron chi connectivity index (χ0n) is 14.9. The van der Waals surface area contributed by atoms with E-state index in [2.05, 4.69) is 40.4 Å². The molecule has 0 bridgehead atoms. The van der Waals surface area contributed by atoms with Gasteiger partial charge < -0.3 is 19.5 Å². The average molecular weight is 349 g/mol. The quantitative estimate of drug-likeness (QED) is 0.764. The zero-order valence-corrected chi connectivity index (χ0v) is 14.9. The van der Waals surface area contributed by atoms with Gasteiger partial charge in [-0.25, -0.2) is 4.98 Å². The first kappa shape index (κ1) is 16.6. The Bertz CT molecular complexity index is 827. The van der Waals surface area contributed by atoms with Crippen LogP contribution in [0.15, 0.2) is 59.2 Å². The molecule has 1 aromatic carbocycles. The van der Waals surface area contributed by atoms with Gasteiger partial charge in [-0.05, 0) is 19.2 Å². The molecule has 0 saturated carbocycles. The molecule has 1 N–H and O–H groups in total. The molecule has 0 unspecified atom stereocenters. The molecule has 1 aliphatic heterocycles. The molecule has 4 rings (SSSR count). The van der Waals surface area contributed by atoms with Crippen molar-refractivity contribution in [3.8, 4) is 11.3 Å². The maximum atomic E-state index is 5.39. The number of likely N-dealkylation sites (N-methyl/N-ethyl adjacent to an activating group) is 1. The molecule has 0 amide bonds. The van der Waals surface area contributed by atoms with Crippen LogP contribution >= 0.6 is 0 Å². The highest BCUT2D eigenvalue weighted by molar-refractivity contribution is 5.64. The van der Waals surface area contributed by atoms with E-state index in [4.69, 9.17) is 14.4 Å². The molecule has 6 nitrogen and oxygen atoms in total. The Kier molecular flexibility index (Phi) is 4.84. The van der Waals surface area contributed by atoms with E-state index in [1.165, 1.54) is 0 Å². The maximum absolute atomic E-state index is 5.39. The molecule has 3 aromatic rings. The summed E-state index contributed by atoms with van der Waals surface area (Å²) in [5.41, 5.74) is 2.02. The molecule has 3 heterocycles. The van der Waals surface area contributed by atoms with Gasteiger partial charge in [-0.3, -0.25) is 0 Å². The minimum atomic E-state index is 0.563. The minimum absolute atomic E-state index is 0.563. The van der Waals surface area contributed by atoms with Crippen LogP contribution in [0, 0.1) is 0 Å². The third-order valence-corrected chi connectivity index (χ3v) is 4.61. The Morgan fingerprint density at radius 1 is 1.00 bits per heavy atom. The van der Waals surface area contributed by atoms with Crippen molar-refractivity contribution < 1.29 is 4.42 Å². The van der Waals surface area contributed by atoms with E-state index in [1.807, 2.05) is 30.3 Å². The van der Waals surface area contributed by atoms with Crippen LogP contribution in [0.4, 0.5) is 11.8 Å². The molecule has 26 heavy (non-hydrogen) atoms. The summed E-state index contributed by atoms with van der Waals surface area (Å²) in [6, 6.07) is 16.1. The molecule has 134 valence electrons. The largest absolute Gasteiger partial charge is 0.467 e. The molecule has 0 aliphatic carbocycles. The van der Waals surface area contributed by atoms with Crippen LogP contribution in [0.2, 0.25) is 0 Å². The SMILES string of the molecule is CN1CCN(c2cc(-c3ccccc3)nc(NCc3ccco3)n2)CC1. The number of furan rings is 1. The van der Waals surface area contributed by atoms with Crippen LogP contribution in [0.5, 0.6) is 0 Å². The van der Waals surface area contributed by atoms with E-state index < -0.39 is 0 Å². The minimum Gasteiger partial charge on any atom is -0.467 e. The van der Waals surface area contributed by atoms with Gasteiger partial charge in [0.25, 0.3) is 0 Å². The van der Waals surface area contributed by atoms with Crippen LogP contribution < -0.4 is 10.2 Å². The predicted octanol–water partition coefficient (Wildman–Crippen LogP) is 3.10. The fourth-order valence-electron chi connectivity index (χ4n) is 3.05. The summed E-state index contributed by atoms with van der Waals surface area (Å²) in [6.45, 7) is 4.59. The smallest absolute Gasteiger partial charge is 0.225 e. The van der Waals surface area contributed by atoms with Crippen LogP contribution in [-0.4, -0.2) is 48.1 Å². The number of hydrogen-bond donors (Lipinski definition) is 1. The number of piperazine rings is 1. The van der Waals surface area contributed by atoms with Crippen molar-refractivity contribution in [1.82, 2.24) is 14.9 Å². The van der Waals surface area contributed by atoms with E-state index in [-0.39, 0.29) is 0 Å². The molecule has 2 aromatic heterocycles. The average Bonchev–Trinajstić information content (AvgIpc) is 3.21. The fourth-order valence-corrected chi connectivity index (χ4v) is 3.05. The van der Waals surface area contributed by atoms with Gasteiger partial charge >= 0.3 is 0 Å². The van der Waals surface area contributed by atoms with Gasteiger partial charge in [0.2, 0.25) is 5.95 Å². The van der Waals surface area contributed by atoms with Crippen molar-refractivity contribution in [2.75, 3.05) is 43.4 Å². The normalized spacial score (nSPS) is 15.2. The topological polar surface area (TPSA) is 57.4 Å². The molecule has 0 spiro atoms. The van der Waals surface area contributed by atoms with Crippen molar-refractivity contribution >= 4 is 11.8 Å². The Morgan fingerprint density at radius 2 is 1.81 bits per heavy atom. The van der Waals surface area contributed by atoms with Gasteiger partial charge in [-0.15, -0.1) is 0 Å². The van der Waals surface area contributed by atoms with Gasteiger partial charge in [0.1, 0.15) is 11.6 Å². The lowest BCUT2D eigenvalue weighted by Gasteiger charge is -2.33. The van der Waals surface area contributed by atoms with Gasteiger partial charge in [-0.2, -0.15) is 4.98 Å². The van der Waals surface area contributed by atoms with Crippen LogP contribution in [-0.2, 0) is 6.54 Å². The summed E-state index contributed by atoms with van der Waals surface area (Å²) in [5, 5.41) is 3.29. The number of nitrogens with zero attached hydrogens (tertiary/aromatic N) is 4. The van der Waals surface area contributed by atoms with E-state index in [1.54, 1.807) is 6.26 Å². The Morgan fingerprint density at radius 3 is 2.54 bits per heavy atom. The third-order valence-electron chi connectivity index (χ3n) is 4.61. The van der Waals surface area contributed by atoms with Crippen molar-refractivity contribution in [1.29, 1.82) is 0 Å². The summed E-state index contributed by atoms with van der Waals surface area (Å²) in [4.78, 5) is 14.1. The highest BCUT2D eigenvalue weighted by Crippen LogP contribution is 2.24. The summed E-state index contributed by atoms with van der Waals surface area (Å²) in [5.74, 6) is 2.45. The van der Waals surface area contributed by atoms with E-state index >= 15 is 0 Å². The van der Waals surface area contributed by atoms with Gasteiger partial charge in [0, 0.05) is 37.8 Å². The lowest BCUT2D eigenvalue weighted by Crippen LogP contribution is -2.44. The second-order valence-electron chi connectivity index (χ2n) is 6.52. The van der Waals surface area contributed by atoms with Crippen molar-refractivity contribution in [2.24, 2.45) is 0 Å². The lowest BCUT2D eigenvalue weighted by molar-refractivity contribution is 0.312. The number of benzene rings is 1. The number of aromatic nitrogens is 2. The zero-order chi connectivity index (χ0) is 17.8. The monoisotopic (exact) mass is 349 g/mol. The Balaban J connectivity index is 1.62. The van der Waals surface area contributed by atoms with E-state index in [0.717, 1.165) is 49.0 Å². The van der Waals surface area contributed by atoms with Crippen LogP contribution in [0.1, 0.15) is 5.76 Å². The number of rotatable bonds is 5. The van der Waals surface area contributed by atoms with Crippen LogP contribution in [0.25, 0.3) is 11.3 Å². The first-order valence-corrected chi connectivity index (χ1v) is 8.92. The summed E-state index contributed by atoms with van der Waals surface area (Å²) in [6.07, 6.45) is 1.67. The Labute approximate surface area is 153 Å². The van der Waals surface area contributed by atoms with Crippen molar-refractivity contribution in [3.05, 3.63) is 60.6 Å². The maximum Gasteiger partial charge on any atom is 0.225 e. The molecule has 1 fully saturated rings. The standard InChI is InChI=1S/C20H23N5O/c1-24-9-11-25(12-10-24)19-14-18(16-6-3-2-4-7-16)22-20(23-19)21-15-17-8-5-13-26-17/h2-8,13-14H,9-12,15H2,1H3,(H,21,22,23). The number of anilines is 2. The first-order valence-electron chi connectivity index (χ1n) is 8.92. The number of nitrogens with one attached hydrogen (secondary N) is 1. The van der Waals surface area contributed by atoms with E-state index in [9.17, 15) is 0 Å². The predicted molar refractivity (Wildman–Crippen MR) is 103 cm³/mol. The molecule has 6 heteroatoms. The highest BCUT2D eigenvalue weighted by atomic mass is 16.3. The van der Waals surface area contributed by atoms with Crippen molar-refractivity contribution in [2.45, 2.75) is 6.54 Å². The van der Waals surface area contributed by atoms with Gasteiger partial charge in [0.05, 0.1) is 18.5 Å².